The zero-order valence-electron chi connectivity index (χ0n) is 13.6. The predicted octanol–water partition coefficient (Wildman–Crippen LogP) is 4.30. The number of nitrogens with zero attached hydrogens (tertiary/aromatic N) is 2. The fraction of sp³-hybridized carbons (Fsp3) is 0.300. The van der Waals surface area contributed by atoms with Crippen LogP contribution in [0.2, 0.25) is 0 Å². The zero-order valence-corrected chi connectivity index (χ0v) is 13.6. The number of benzene rings is 2. The van der Waals surface area contributed by atoms with Gasteiger partial charge < -0.3 is 10.2 Å². The van der Waals surface area contributed by atoms with E-state index in [1.807, 2.05) is 24.3 Å². The molecule has 0 atom stereocenters. The molecule has 0 aromatic heterocycles. The largest absolute Gasteiger partial charge is 0.507 e. The van der Waals surface area contributed by atoms with E-state index in [1.165, 1.54) is 6.42 Å². The minimum absolute atomic E-state index is 0.219. The van der Waals surface area contributed by atoms with Gasteiger partial charge in [-0.1, -0.05) is 30.7 Å². The molecule has 0 bridgehead atoms. The Morgan fingerprint density at radius 1 is 0.708 bits per heavy atom. The standard InChI is InChI=1S/C20H22N2O2/c23-18-10-4-2-8-16(18)14-21-20(12-6-1-7-13-20)22-15-17-9-3-5-11-19(17)24/h2-5,8-11,14-15,23-24H,1,6-7,12-13H2. The lowest BCUT2D eigenvalue weighted by Gasteiger charge is -2.29. The van der Waals surface area contributed by atoms with E-state index in [0.717, 1.165) is 25.7 Å². The maximum absolute atomic E-state index is 9.91. The fourth-order valence-corrected chi connectivity index (χ4v) is 2.98. The van der Waals surface area contributed by atoms with E-state index in [9.17, 15) is 10.2 Å². The molecule has 2 aromatic rings. The number of para-hydroxylation sites is 2. The summed E-state index contributed by atoms with van der Waals surface area (Å²) in [4.78, 5) is 9.45. The molecule has 4 nitrogen and oxygen atoms in total. The lowest BCUT2D eigenvalue weighted by molar-refractivity contribution is 0.313. The van der Waals surface area contributed by atoms with Gasteiger partial charge in [-0.3, -0.25) is 9.98 Å². The molecule has 2 aromatic carbocycles. The highest BCUT2D eigenvalue weighted by atomic mass is 16.3. The second-order valence-corrected chi connectivity index (χ2v) is 6.18. The number of hydrogen-bond donors (Lipinski definition) is 2. The summed E-state index contributed by atoms with van der Waals surface area (Å²) in [7, 11) is 0. The number of aromatic hydroxyl groups is 2. The molecule has 0 spiro atoms. The lowest BCUT2D eigenvalue weighted by atomic mass is 9.90. The zero-order chi connectivity index (χ0) is 16.8. The molecule has 0 heterocycles. The molecule has 24 heavy (non-hydrogen) atoms. The summed E-state index contributed by atoms with van der Waals surface area (Å²) in [5, 5.41) is 19.8. The van der Waals surface area contributed by atoms with Crippen molar-refractivity contribution < 1.29 is 10.2 Å². The lowest BCUT2D eigenvalue weighted by Crippen LogP contribution is -2.27. The third-order valence-electron chi connectivity index (χ3n) is 4.42. The van der Waals surface area contributed by atoms with Crippen LogP contribution in [0.1, 0.15) is 43.2 Å². The number of aliphatic imine (C=N–C) groups is 2. The van der Waals surface area contributed by atoms with E-state index in [1.54, 1.807) is 36.7 Å². The van der Waals surface area contributed by atoms with E-state index in [0.29, 0.717) is 11.1 Å². The molecule has 0 radical (unpaired) electrons. The Labute approximate surface area is 142 Å². The van der Waals surface area contributed by atoms with E-state index < -0.39 is 5.66 Å². The van der Waals surface area contributed by atoms with Crippen molar-refractivity contribution in [1.29, 1.82) is 0 Å². The Balaban J connectivity index is 1.88. The molecular formula is C20H22N2O2. The van der Waals surface area contributed by atoms with E-state index in [2.05, 4.69) is 0 Å². The normalized spacial score (nSPS) is 17.5. The smallest absolute Gasteiger partial charge is 0.150 e. The van der Waals surface area contributed by atoms with Gasteiger partial charge >= 0.3 is 0 Å². The van der Waals surface area contributed by atoms with Crippen LogP contribution in [0.15, 0.2) is 58.5 Å². The van der Waals surface area contributed by atoms with E-state index >= 15 is 0 Å². The molecule has 0 saturated heterocycles. The Bertz CT molecular complexity index is 689. The van der Waals surface area contributed by atoms with Gasteiger partial charge in [-0.25, -0.2) is 0 Å². The monoisotopic (exact) mass is 322 g/mol. The van der Waals surface area contributed by atoms with Crippen LogP contribution in [0.25, 0.3) is 0 Å². The second-order valence-electron chi connectivity index (χ2n) is 6.18. The van der Waals surface area contributed by atoms with Crippen molar-refractivity contribution in [2.75, 3.05) is 0 Å². The summed E-state index contributed by atoms with van der Waals surface area (Å²) in [6.07, 6.45) is 8.53. The van der Waals surface area contributed by atoms with Gasteiger partial charge in [0, 0.05) is 23.6 Å². The van der Waals surface area contributed by atoms with Crippen LogP contribution in [0.5, 0.6) is 11.5 Å². The summed E-state index contributed by atoms with van der Waals surface area (Å²) < 4.78 is 0. The Morgan fingerprint density at radius 3 is 1.62 bits per heavy atom. The molecule has 1 aliphatic rings. The molecule has 3 rings (SSSR count). The molecule has 124 valence electrons. The summed E-state index contributed by atoms with van der Waals surface area (Å²) in [5.74, 6) is 0.439. The average Bonchev–Trinajstić information content (AvgIpc) is 2.61. The first-order valence-corrected chi connectivity index (χ1v) is 8.35. The van der Waals surface area contributed by atoms with Crippen molar-refractivity contribution in [2.45, 2.75) is 37.8 Å². The predicted molar refractivity (Wildman–Crippen MR) is 97.2 cm³/mol. The fourth-order valence-electron chi connectivity index (χ4n) is 2.98. The Morgan fingerprint density at radius 2 is 1.17 bits per heavy atom. The molecule has 0 aliphatic heterocycles. The number of phenolic OH excluding ortho intramolecular Hbond substituents is 2. The van der Waals surface area contributed by atoms with Crippen molar-refractivity contribution in [2.24, 2.45) is 9.98 Å². The van der Waals surface area contributed by atoms with Crippen molar-refractivity contribution in [3.8, 4) is 11.5 Å². The Hall–Kier alpha value is -2.62. The van der Waals surface area contributed by atoms with Crippen LogP contribution in [0.3, 0.4) is 0 Å². The van der Waals surface area contributed by atoms with Crippen LogP contribution in [-0.2, 0) is 0 Å². The van der Waals surface area contributed by atoms with Crippen LogP contribution in [0.4, 0.5) is 0 Å². The molecule has 2 N–H and O–H groups in total. The molecule has 1 aliphatic carbocycles. The maximum atomic E-state index is 9.91. The number of rotatable bonds is 4. The van der Waals surface area contributed by atoms with Crippen molar-refractivity contribution in [3.05, 3.63) is 59.7 Å². The maximum Gasteiger partial charge on any atom is 0.150 e. The van der Waals surface area contributed by atoms with Gasteiger partial charge in [0.2, 0.25) is 0 Å². The minimum Gasteiger partial charge on any atom is -0.507 e. The summed E-state index contributed by atoms with van der Waals surface area (Å²) in [5.41, 5.74) is 0.878. The number of hydrogen-bond acceptors (Lipinski definition) is 4. The van der Waals surface area contributed by atoms with Crippen molar-refractivity contribution >= 4 is 12.4 Å². The van der Waals surface area contributed by atoms with Crippen molar-refractivity contribution in [1.82, 2.24) is 0 Å². The average molecular weight is 322 g/mol. The molecule has 4 heteroatoms. The summed E-state index contributed by atoms with van der Waals surface area (Å²) in [6.45, 7) is 0. The quantitative estimate of drug-likeness (QED) is 0.824. The number of phenols is 2. The third kappa shape index (κ3) is 3.82. The highest BCUT2D eigenvalue weighted by Crippen LogP contribution is 2.33. The SMILES string of the molecule is Oc1ccccc1C=NC1(N=Cc2ccccc2O)CCCCC1. The molecule has 1 fully saturated rings. The van der Waals surface area contributed by atoms with Gasteiger partial charge in [0.05, 0.1) is 0 Å². The third-order valence-corrected chi connectivity index (χ3v) is 4.42. The summed E-state index contributed by atoms with van der Waals surface area (Å²) >= 11 is 0. The van der Waals surface area contributed by atoms with Gasteiger partial charge in [0.25, 0.3) is 0 Å². The van der Waals surface area contributed by atoms with E-state index in [-0.39, 0.29) is 11.5 Å². The summed E-state index contributed by atoms with van der Waals surface area (Å²) in [6, 6.07) is 14.3. The first-order valence-electron chi connectivity index (χ1n) is 8.35. The van der Waals surface area contributed by atoms with Gasteiger partial charge in [0.1, 0.15) is 17.2 Å². The first-order chi connectivity index (χ1) is 11.7. The molecule has 0 amide bonds. The second kappa shape index (κ2) is 7.30. The molecule has 1 saturated carbocycles. The Kier molecular flexibility index (Phi) is 4.94. The first kappa shape index (κ1) is 16.2. The van der Waals surface area contributed by atoms with Gasteiger partial charge in [0.15, 0.2) is 0 Å². The van der Waals surface area contributed by atoms with Gasteiger partial charge in [-0.05, 0) is 49.9 Å². The molecule has 0 unspecified atom stereocenters. The van der Waals surface area contributed by atoms with E-state index in [4.69, 9.17) is 9.98 Å². The van der Waals surface area contributed by atoms with Gasteiger partial charge in [-0.2, -0.15) is 0 Å². The van der Waals surface area contributed by atoms with Crippen LogP contribution < -0.4 is 0 Å². The van der Waals surface area contributed by atoms with Gasteiger partial charge in [-0.15, -0.1) is 0 Å². The van der Waals surface area contributed by atoms with Crippen LogP contribution in [0, 0.1) is 0 Å². The molecular weight excluding hydrogens is 300 g/mol. The minimum atomic E-state index is -0.511. The van der Waals surface area contributed by atoms with Crippen LogP contribution >= 0.6 is 0 Å². The topological polar surface area (TPSA) is 65.2 Å². The highest BCUT2D eigenvalue weighted by molar-refractivity contribution is 5.85. The van der Waals surface area contributed by atoms with Crippen LogP contribution in [-0.4, -0.2) is 28.3 Å². The highest BCUT2D eigenvalue weighted by Gasteiger charge is 2.29. The van der Waals surface area contributed by atoms with Crippen molar-refractivity contribution in [3.63, 3.8) is 0 Å².